The van der Waals surface area contributed by atoms with Gasteiger partial charge in [-0.05, 0) is 38.8 Å². The monoisotopic (exact) mass is 271 g/mol. The van der Waals surface area contributed by atoms with Gasteiger partial charge in [0, 0.05) is 24.3 Å². The molecule has 2 aromatic rings. The minimum Gasteiger partial charge on any atom is -0.310 e. The molecule has 1 aromatic heterocycles. The molecule has 20 heavy (non-hydrogen) atoms. The summed E-state index contributed by atoms with van der Waals surface area (Å²) in [5, 5.41) is 8.03. The van der Waals surface area contributed by atoms with Crippen molar-refractivity contribution in [3.8, 4) is 0 Å². The summed E-state index contributed by atoms with van der Waals surface area (Å²) < 4.78 is 1.95. The van der Waals surface area contributed by atoms with E-state index >= 15 is 0 Å². The van der Waals surface area contributed by atoms with Crippen molar-refractivity contribution in [1.29, 1.82) is 0 Å². The van der Waals surface area contributed by atoms with Gasteiger partial charge in [0.15, 0.2) is 0 Å². The number of nitrogens with zero attached hydrogens (tertiary/aromatic N) is 2. The Balaban J connectivity index is 2.19. The topological polar surface area (TPSA) is 29.9 Å². The summed E-state index contributed by atoms with van der Waals surface area (Å²) in [4.78, 5) is 0. The molecule has 0 amide bonds. The zero-order valence-corrected chi connectivity index (χ0v) is 13.0. The van der Waals surface area contributed by atoms with Crippen molar-refractivity contribution in [1.82, 2.24) is 15.1 Å². The first-order chi connectivity index (χ1) is 9.61. The maximum absolute atomic E-state index is 4.38. The van der Waals surface area contributed by atoms with Crippen LogP contribution in [0.4, 0.5) is 0 Å². The second-order valence-electron chi connectivity index (χ2n) is 5.51. The third kappa shape index (κ3) is 3.48. The number of benzene rings is 1. The zero-order chi connectivity index (χ0) is 14.5. The summed E-state index contributed by atoms with van der Waals surface area (Å²) in [6.45, 7) is 7.50. The van der Waals surface area contributed by atoms with Gasteiger partial charge in [-0.3, -0.25) is 4.68 Å². The molecule has 0 saturated heterocycles. The molecule has 0 fully saturated rings. The number of hydrogen-bond donors (Lipinski definition) is 1. The van der Waals surface area contributed by atoms with Gasteiger partial charge in [-0.25, -0.2) is 0 Å². The van der Waals surface area contributed by atoms with Gasteiger partial charge in [0.2, 0.25) is 0 Å². The summed E-state index contributed by atoms with van der Waals surface area (Å²) in [7, 11) is 2.00. The Bertz CT molecular complexity index is 540. The predicted molar refractivity (Wildman–Crippen MR) is 83.9 cm³/mol. The van der Waals surface area contributed by atoms with Gasteiger partial charge in [0.1, 0.15) is 0 Å². The van der Waals surface area contributed by atoms with E-state index < -0.39 is 0 Å². The highest BCUT2D eigenvalue weighted by Crippen LogP contribution is 2.21. The van der Waals surface area contributed by atoms with Crippen LogP contribution in [0.25, 0.3) is 0 Å². The molecule has 0 spiro atoms. The molecule has 1 N–H and O–H groups in total. The fraction of sp³-hybridized carbons (Fsp3) is 0.471. The van der Waals surface area contributed by atoms with Gasteiger partial charge in [-0.15, -0.1) is 0 Å². The lowest BCUT2D eigenvalue weighted by molar-refractivity contribution is 0.526. The molecule has 2 rings (SSSR count). The first-order valence-electron chi connectivity index (χ1n) is 7.39. The van der Waals surface area contributed by atoms with Gasteiger partial charge < -0.3 is 5.32 Å². The normalized spacial score (nSPS) is 12.6. The summed E-state index contributed by atoms with van der Waals surface area (Å²) in [5.41, 5.74) is 5.23. The molecule has 0 aliphatic carbocycles. The first kappa shape index (κ1) is 14.8. The number of hydrogen-bond acceptors (Lipinski definition) is 2. The van der Waals surface area contributed by atoms with Crippen molar-refractivity contribution < 1.29 is 0 Å². The molecule has 1 unspecified atom stereocenters. The molecule has 0 aliphatic heterocycles. The van der Waals surface area contributed by atoms with Crippen LogP contribution in [0.1, 0.15) is 41.8 Å². The zero-order valence-electron chi connectivity index (χ0n) is 13.0. The lowest BCUT2D eigenvalue weighted by Crippen LogP contribution is -2.24. The number of aryl methyl sites for hydroxylation is 2. The minimum atomic E-state index is 0.339. The molecule has 1 heterocycles. The van der Waals surface area contributed by atoms with E-state index in [0.29, 0.717) is 6.04 Å². The lowest BCUT2D eigenvalue weighted by atomic mass is 9.98. The second kappa shape index (κ2) is 6.71. The third-order valence-corrected chi connectivity index (χ3v) is 3.85. The fourth-order valence-corrected chi connectivity index (χ4v) is 2.43. The van der Waals surface area contributed by atoms with E-state index in [4.69, 9.17) is 0 Å². The Morgan fingerprint density at radius 2 is 1.90 bits per heavy atom. The van der Waals surface area contributed by atoms with Gasteiger partial charge >= 0.3 is 0 Å². The standard InChI is InChI=1S/C17H25N3/c1-5-10-18-17(16-12-19-20(4)14(16)3)11-15-8-6-13(2)7-9-15/h6-9,12,17-18H,5,10-11H2,1-4H3. The summed E-state index contributed by atoms with van der Waals surface area (Å²) >= 11 is 0. The second-order valence-corrected chi connectivity index (χ2v) is 5.51. The van der Waals surface area contributed by atoms with Crippen molar-refractivity contribution in [2.24, 2.45) is 7.05 Å². The summed E-state index contributed by atoms with van der Waals surface area (Å²) in [5.74, 6) is 0. The predicted octanol–water partition coefficient (Wildman–Crippen LogP) is 3.32. The number of rotatable bonds is 6. The van der Waals surface area contributed by atoms with E-state index in [-0.39, 0.29) is 0 Å². The average molecular weight is 271 g/mol. The maximum Gasteiger partial charge on any atom is 0.0540 e. The summed E-state index contributed by atoms with van der Waals surface area (Å²) in [6, 6.07) is 9.15. The molecule has 3 nitrogen and oxygen atoms in total. The van der Waals surface area contributed by atoms with Crippen LogP contribution in [-0.4, -0.2) is 16.3 Å². The highest BCUT2D eigenvalue weighted by molar-refractivity contribution is 5.27. The Hall–Kier alpha value is -1.61. The van der Waals surface area contributed by atoms with Crippen LogP contribution < -0.4 is 5.32 Å². The van der Waals surface area contributed by atoms with E-state index in [1.54, 1.807) is 0 Å². The molecule has 1 aromatic carbocycles. The Kier molecular flexibility index (Phi) is 4.96. The van der Waals surface area contributed by atoms with Gasteiger partial charge in [-0.1, -0.05) is 36.8 Å². The van der Waals surface area contributed by atoms with Crippen molar-refractivity contribution in [2.45, 2.75) is 39.7 Å². The van der Waals surface area contributed by atoms with E-state index in [1.165, 1.54) is 22.4 Å². The molecule has 0 radical (unpaired) electrons. The van der Waals surface area contributed by atoms with Crippen molar-refractivity contribution >= 4 is 0 Å². The van der Waals surface area contributed by atoms with Crippen molar-refractivity contribution in [3.05, 3.63) is 52.8 Å². The van der Waals surface area contributed by atoms with Crippen LogP contribution in [0.2, 0.25) is 0 Å². The van der Waals surface area contributed by atoms with Crippen LogP contribution in [0, 0.1) is 13.8 Å². The highest BCUT2D eigenvalue weighted by atomic mass is 15.3. The van der Waals surface area contributed by atoms with Crippen LogP contribution in [0.15, 0.2) is 30.5 Å². The number of aromatic nitrogens is 2. The molecular formula is C17H25N3. The molecule has 0 aliphatic rings. The largest absolute Gasteiger partial charge is 0.310 e. The molecule has 0 bridgehead atoms. The van der Waals surface area contributed by atoms with Crippen molar-refractivity contribution in [2.75, 3.05) is 6.54 Å². The minimum absolute atomic E-state index is 0.339. The Morgan fingerprint density at radius 1 is 1.20 bits per heavy atom. The lowest BCUT2D eigenvalue weighted by Gasteiger charge is -2.19. The highest BCUT2D eigenvalue weighted by Gasteiger charge is 2.16. The molecular weight excluding hydrogens is 246 g/mol. The fourth-order valence-electron chi connectivity index (χ4n) is 2.43. The van der Waals surface area contributed by atoms with E-state index in [9.17, 15) is 0 Å². The first-order valence-corrected chi connectivity index (χ1v) is 7.39. The SMILES string of the molecule is CCCNC(Cc1ccc(C)cc1)c1cnn(C)c1C. The smallest absolute Gasteiger partial charge is 0.0540 e. The molecule has 3 heteroatoms. The van der Waals surface area contributed by atoms with E-state index in [0.717, 1.165) is 19.4 Å². The van der Waals surface area contributed by atoms with Crippen LogP contribution >= 0.6 is 0 Å². The average Bonchev–Trinajstić information content (AvgIpc) is 2.77. The Morgan fingerprint density at radius 3 is 2.45 bits per heavy atom. The third-order valence-electron chi connectivity index (χ3n) is 3.85. The summed E-state index contributed by atoms with van der Waals surface area (Å²) in [6.07, 6.45) is 4.15. The molecule has 1 atom stereocenters. The van der Waals surface area contributed by atoms with E-state index in [2.05, 4.69) is 55.5 Å². The van der Waals surface area contributed by atoms with Crippen LogP contribution in [-0.2, 0) is 13.5 Å². The van der Waals surface area contributed by atoms with E-state index in [1.807, 2.05) is 17.9 Å². The maximum atomic E-state index is 4.38. The molecule has 108 valence electrons. The van der Waals surface area contributed by atoms with Crippen LogP contribution in [0.5, 0.6) is 0 Å². The van der Waals surface area contributed by atoms with Crippen molar-refractivity contribution in [3.63, 3.8) is 0 Å². The quantitative estimate of drug-likeness (QED) is 0.873. The van der Waals surface area contributed by atoms with Gasteiger partial charge in [-0.2, -0.15) is 5.10 Å². The van der Waals surface area contributed by atoms with Gasteiger partial charge in [0.25, 0.3) is 0 Å². The Labute approximate surface area is 122 Å². The van der Waals surface area contributed by atoms with Crippen LogP contribution in [0.3, 0.4) is 0 Å². The molecule has 0 saturated carbocycles. The number of nitrogens with one attached hydrogen (secondary N) is 1. The van der Waals surface area contributed by atoms with Gasteiger partial charge in [0.05, 0.1) is 6.20 Å².